The molecule has 5 rings (SSSR count). The van der Waals surface area contributed by atoms with Crippen molar-refractivity contribution in [3.63, 3.8) is 0 Å². The van der Waals surface area contributed by atoms with E-state index in [9.17, 15) is 0 Å². The maximum Gasteiger partial charge on any atom is 0.108 e. The summed E-state index contributed by atoms with van der Waals surface area (Å²) >= 11 is 0. The third kappa shape index (κ3) is 2.29. The number of aromatic nitrogens is 3. The van der Waals surface area contributed by atoms with Crippen LogP contribution in [0, 0.1) is 0 Å². The van der Waals surface area contributed by atoms with E-state index in [4.69, 9.17) is 0 Å². The Balaban J connectivity index is 1.67. The van der Waals surface area contributed by atoms with E-state index in [-0.39, 0.29) is 0 Å². The third-order valence-electron chi connectivity index (χ3n) is 4.53. The Labute approximate surface area is 145 Å². The molecule has 0 N–H and O–H groups in total. The van der Waals surface area contributed by atoms with Crippen LogP contribution in [0.3, 0.4) is 0 Å². The quantitative estimate of drug-likeness (QED) is 0.445. The lowest BCUT2D eigenvalue weighted by Gasteiger charge is -2.08. The second kappa shape index (κ2) is 5.56. The van der Waals surface area contributed by atoms with Gasteiger partial charge in [-0.1, -0.05) is 60.7 Å². The van der Waals surface area contributed by atoms with Gasteiger partial charge in [0, 0.05) is 11.1 Å². The van der Waals surface area contributed by atoms with Crippen molar-refractivity contribution in [2.75, 3.05) is 0 Å². The molecule has 0 unspecified atom stereocenters. The molecule has 3 aromatic carbocycles. The molecule has 0 radical (unpaired) electrons. The van der Waals surface area contributed by atoms with E-state index >= 15 is 0 Å². The fourth-order valence-corrected chi connectivity index (χ4v) is 3.28. The van der Waals surface area contributed by atoms with E-state index < -0.39 is 0 Å². The van der Waals surface area contributed by atoms with Crippen molar-refractivity contribution >= 4 is 21.9 Å². The summed E-state index contributed by atoms with van der Waals surface area (Å²) in [5, 5.41) is 1.12. The van der Waals surface area contributed by atoms with E-state index in [1.54, 1.807) is 0 Å². The highest BCUT2D eigenvalue weighted by Gasteiger charge is 2.09. The molecule has 3 nitrogen and oxygen atoms in total. The van der Waals surface area contributed by atoms with E-state index in [2.05, 4.69) is 69.1 Å². The maximum atomic E-state index is 4.53. The minimum absolute atomic E-state index is 0.908. The van der Waals surface area contributed by atoms with E-state index in [1.807, 2.05) is 36.8 Å². The van der Waals surface area contributed by atoms with Crippen molar-refractivity contribution in [1.82, 2.24) is 14.5 Å². The Morgan fingerprint density at radius 2 is 1.32 bits per heavy atom. The Bertz CT molecular complexity index is 1170. The average Bonchev–Trinajstić information content (AvgIpc) is 3.13. The molecule has 5 aromatic rings. The molecule has 3 heteroatoms. The van der Waals surface area contributed by atoms with Gasteiger partial charge in [-0.2, -0.15) is 0 Å². The van der Waals surface area contributed by atoms with Crippen LogP contribution in [-0.4, -0.2) is 14.5 Å². The van der Waals surface area contributed by atoms with Gasteiger partial charge in [0.1, 0.15) is 11.8 Å². The largest absolute Gasteiger partial charge is 0.298 e. The maximum absolute atomic E-state index is 4.53. The number of rotatable bonds is 2. The van der Waals surface area contributed by atoms with Gasteiger partial charge in [0.15, 0.2) is 0 Å². The van der Waals surface area contributed by atoms with Crippen molar-refractivity contribution < 1.29 is 0 Å². The average molecular weight is 321 g/mol. The first-order valence-electron chi connectivity index (χ1n) is 8.27. The zero-order chi connectivity index (χ0) is 16.6. The number of para-hydroxylation sites is 1. The Morgan fingerprint density at radius 3 is 2.16 bits per heavy atom. The highest BCUT2D eigenvalue weighted by molar-refractivity contribution is 6.02. The van der Waals surface area contributed by atoms with Crippen molar-refractivity contribution in [3.8, 4) is 16.8 Å². The molecule has 0 aliphatic carbocycles. The lowest BCUT2D eigenvalue weighted by molar-refractivity contribution is 1.10. The molecule has 2 heterocycles. The van der Waals surface area contributed by atoms with Crippen LogP contribution in [0.1, 0.15) is 0 Å². The summed E-state index contributed by atoms with van der Waals surface area (Å²) in [5.74, 6) is 0. The van der Waals surface area contributed by atoms with E-state index in [0.717, 1.165) is 27.6 Å². The lowest BCUT2D eigenvalue weighted by Crippen LogP contribution is -1.93. The van der Waals surface area contributed by atoms with Gasteiger partial charge in [-0.05, 0) is 29.3 Å². The summed E-state index contributed by atoms with van der Waals surface area (Å²) in [7, 11) is 0. The van der Waals surface area contributed by atoms with Crippen LogP contribution in [0.4, 0.5) is 0 Å². The molecule has 0 atom stereocenters. The van der Waals surface area contributed by atoms with Crippen molar-refractivity contribution in [1.29, 1.82) is 0 Å². The van der Waals surface area contributed by atoms with Gasteiger partial charge in [-0.25, -0.2) is 4.98 Å². The van der Waals surface area contributed by atoms with Crippen LogP contribution in [0.25, 0.3) is 38.8 Å². The summed E-state index contributed by atoms with van der Waals surface area (Å²) in [6.07, 6.45) is 3.71. The van der Waals surface area contributed by atoms with Gasteiger partial charge in [-0.3, -0.25) is 9.55 Å². The second-order valence-corrected chi connectivity index (χ2v) is 6.04. The number of imidazole rings is 1. The fourth-order valence-electron chi connectivity index (χ4n) is 3.28. The molecule has 0 spiro atoms. The number of hydrogen-bond donors (Lipinski definition) is 0. The molecule has 0 aliphatic rings. The summed E-state index contributed by atoms with van der Waals surface area (Å²) in [4.78, 5) is 9.02. The number of nitrogens with zero attached hydrogens (tertiary/aromatic N) is 3. The number of benzene rings is 3. The van der Waals surface area contributed by atoms with Crippen LogP contribution in [0.15, 0.2) is 91.4 Å². The molecular formula is C22H15N3. The minimum Gasteiger partial charge on any atom is -0.298 e. The van der Waals surface area contributed by atoms with Gasteiger partial charge >= 0.3 is 0 Å². The molecule has 0 saturated carbocycles. The molecule has 0 aliphatic heterocycles. The van der Waals surface area contributed by atoms with Gasteiger partial charge in [-0.15, -0.1) is 0 Å². The molecule has 0 amide bonds. The molecule has 25 heavy (non-hydrogen) atoms. The Hall–Kier alpha value is -3.46. The minimum atomic E-state index is 0.908. The predicted octanol–water partition coefficient (Wildman–Crippen LogP) is 5.24. The summed E-state index contributed by atoms with van der Waals surface area (Å²) in [6.45, 7) is 0. The Kier molecular flexibility index (Phi) is 3.10. The molecule has 118 valence electrons. The predicted molar refractivity (Wildman–Crippen MR) is 102 cm³/mol. The number of pyridine rings is 1. The van der Waals surface area contributed by atoms with Crippen LogP contribution in [-0.2, 0) is 0 Å². The SMILES string of the molecule is c1ccc(-c2ccc(-n3cnc4cnc5ccccc5c43)cc2)cc1. The van der Waals surface area contributed by atoms with Crippen molar-refractivity contribution in [3.05, 3.63) is 91.4 Å². The standard InChI is InChI=1S/C22H15N3/c1-2-6-16(7-3-1)17-10-12-18(13-11-17)25-15-24-21-14-23-20-9-5-4-8-19(20)22(21)25/h1-15H. The normalized spacial score (nSPS) is 11.2. The van der Waals surface area contributed by atoms with E-state index in [0.29, 0.717) is 0 Å². The number of fused-ring (bicyclic) bond motifs is 3. The highest BCUT2D eigenvalue weighted by Crippen LogP contribution is 2.27. The van der Waals surface area contributed by atoms with Crippen molar-refractivity contribution in [2.24, 2.45) is 0 Å². The van der Waals surface area contributed by atoms with Crippen LogP contribution in [0.2, 0.25) is 0 Å². The van der Waals surface area contributed by atoms with Gasteiger partial charge < -0.3 is 0 Å². The van der Waals surface area contributed by atoms with Crippen LogP contribution in [0.5, 0.6) is 0 Å². The first-order valence-corrected chi connectivity index (χ1v) is 8.27. The molecular weight excluding hydrogens is 306 g/mol. The fraction of sp³-hybridized carbons (Fsp3) is 0. The van der Waals surface area contributed by atoms with Crippen LogP contribution < -0.4 is 0 Å². The van der Waals surface area contributed by atoms with Crippen LogP contribution >= 0.6 is 0 Å². The van der Waals surface area contributed by atoms with Gasteiger partial charge in [0.2, 0.25) is 0 Å². The molecule has 2 aromatic heterocycles. The third-order valence-corrected chi connectivity index (χ3v) is 4.53. The summed E-state index contributed by atoms with van der Waals surface area (Å²) < 4.78 is 2.13. The zero-order valence-electron chi connectivity index (χ0n) is 13.5. The zero-order valence-corrected chi connectivity index (χ0v) is 13.5. The summed E-state index contributed by atoms with van der Waals surface area (Å²) in [5.41, 5.74) is 6.51. The first kappa shape index (κ1) is 13.9. The molecule has 0 saturated heterocycles. The number of hydrogen-bond acceptors (Lipinski definition) is 2. The second-order valence-electron chi connectivity index (χ2n) is 6.04. The molecule has 0 bridgehead atoms. The van der Waals surface area contributed by atoms with Crippen molar-refractivity contribution in [2.45, 2.75) is 0 Å². The summed E-state index contributed by atoms with van der Waals surface area (Å²) in [6, 6.07) is 27.2. The highest BCUT2D eigenvalue weighted by atomic mass is 15.1. The van der Waals surface area contributed by atoms with E-state index in [1.165, 1.54) is 11.1 Å². The first-order chi connectivity index (χ1) is 12.4. The molecule has 0 fully saturated rings. The smallest absolute Gasteiger partial charge is 0.108 e. The lowest BCUT2D eigenvalue weighted by atomic mass is 10.1. The van der Waals surface area contributed by atoms with Gasteiger partial charge in [0.25, 0.3) is 0 Å². The Morgan fingerprint density at radius 1 is 0.600 bits per heavy atom. The van der Waals surface area contributed by atoms with Gasteiger partial charge in [0.05, 0.1) is 17.2 Å². The monoisotopic (exact) mass is 321 g/mol. The topological polar surface area (TPSA) is 30.7 Å².